The number of aliphatic hydroxyl groups is 1. The fraction of sp³-hybridized carbons (Fsp3) is 0.538. The van der Waals surface area contributed by atoms with Crippen LogP contribution in [0.5, 0.6) is 0 Å². The van der Waals surface area contributed by atoms with Gasteiger partial charge in [-0.25, -0.2) is 0 Å². The predicted molar refractivity (Wildman–Crippen MR) is 58.2 cm³/mol. The SMILES string of the molecule is Cc1ccccc1CC1(O)CC(C)C1. The zero-order valence-corrected chi connectivity index (χ0v) is 8.96. The molecule has 0 heterocycles. The second-order valence-corrected chi connectivity index (χ2v) is 4.84. The first-order valence-corrected chi connectivity index (χ1v) is 5.36. The quantitative estimate of drug-likeness (QED) is 0.760. The van der Waals surface area contributed by atoms with Crippen molar-refractivity contribution in [1.29, 1.82) is 0 Å². The van der Waals surface area contributed by atoms with Crippen LogP contribution in [-0.2, 0) is 6.42 Å². The maximum atomic E-state index is 10.2. The monoisotopic (exact) mass is 190 g/mol. The number of rotatable bonds is 2. The van der Waals surface area contributed by atoms with Gasteiger partial charge >= 0.3 is 0 Å². The minimum Gasteiger partial charge on any atom is -0.390 e. The molecule has 0 spiro atoms. The molecule has 1 fully saturated rings. The van der Waals surface area contributed by atoms with E-state index in [1.165, 1.54) is 11.1 Å². The van der Waals surface area contributed by atoms with E-state index >= 15 is 0 Å². The van der Waals surface area contributed by atoms with E-state index in [0.29, 0.717) is 5.92 Å². The molecule has 0 saturated heterocycles. The highest BCUT2D eigenvalue weighted by atomic mass is 16.3. The van der Waals surface area contributed by atoms with Crippen molar-refractivity contribution >= 4 is 0 Å². The molecular weight excluding hydrogens is 172 g/mol. The van der Waals surface area contributed by atoms with Crippen molar-refractivity contribution in [1.82, 2.24) is 0 Å². The molecule has 76 valence electrons. The summed E-state index contributed by atoms with van der Waals surface area (Å²) in [7, 11) is 0. The van der Waals surface area contributed by atoms with Crippen molar-refractivity contribution in [3.05, 3.63) is 35.4 Å². The Kier molecular flexibility index (Phi) is 2.36. The molecule has 0 bridgehead atoms. The molecule has 1 aliphatic carbocycles. The third kappa shape index (κ3) is 1.83. The predicted octanol–water partition coefficient (Wildman–Crippen LogP) is 2.70. The summed E-state index contributed by atoms with van der Waals surface area (Å²) in [5, 5.41) is 10.2. The van der Waals surface area contributed by atoms with E-state index in [1.54, 1.807) is 0 Å². The lowest BCUT2D eigenvalue weighted by Crippen LogP contribution is -2.44. The summed E-state index contributed by atoms with van der Waals surface area (Å²) in [5.74, 6) is 0.698. The molecule has 0 atom stereocenters. The van der Waals surface area contributed by atoms with Gasteiger partial charge in [-0.3, -0.25) is 0 Å². The Labute approximate surface area is 85.8 Å². The second kappa shape index (κ2) is 3.39. The van der Waals surface area contributed by atoms with Gasteiger partial charge in [0.1, 0.15) is 0 Å². The van der Waals surface area contributed by atoms with Gasteiger partial charge in [-0.05, 0) is 36.8 Å². The van der Waals surface area contributed by atoms with Crippen molar-refractivity contribution < 1.29 is 5.11 Å². The standard InChI is InChI=1S/C13H18O/c1-10-7-13(14,8-10)9-12-6-4-3-5-11(12)2/h3-6,10,14H,7-9H2,1-2H3. The number of hydrogen-bond donors (Lipinski definition) is 1. The van der Waals surface area contributed by atoms with Crippen molar-refractivity contribution in [3.63, 3.8) is 0 Å². The molecule has 2 rings (SSSR count). The van der Waals surface area contributed by atoms with E-state index in [-0.39, 0.29) is 0 Å². The fourth-order valence-electron chi connectivity index (χ4n) is 2.54. The molecule has 1 aromatic carbocycles. The van der Waals surface area contributed by atoms with Gasteiger partial charge in [0.15, 0.2) is 0 Å². The largest absolute Gasteiger partial charge is 0.390 e. The summed E-state index contributed by atoms with van der Waals surface area (Å²) in [6.45, 7) is 4.31. The third-order valence-corrected chi connectivity index (χ3v) is 3.24. The van der Waals surface area contributed by atoms with E-state index in [4.69, 9.17) is 0 Å². The maximum Gasteiger partial charge on any atom is 0.0693 e. The smallest absolute Gasteiger partial charge is 0.0693 e. The second-order valence-electron chi connectivity index (χ2n) is 4.84. The Balaban J connectivity index is 2.08. The summed E-state index contributed by atoms with van der Waals surface area (Å²) in [4.78, 5) is 0. The lowest BCUT2D eigenvalue weighted by atomic mass is 9.69. The van der Waals surface area contributed by atoms with Gasteiger partial charge in [-0.1, -0.05) is 31.2 Å². The first-order chi connectivity index (χ1) is 6.59. The molecule has 0 amide bonds. The summed E-state index contributed by atoms with van der Waals surface area (Å²) in [6.07, 6.45) is 2.74. The molecule has 1 nitrogen and oxygen atoms in total. The molecule has 0 radical (unpaired) electrons. The zero-order chi connectivity index (χ0) is 10.2. The van der Waals surface area contributed by atoms with Gasteiger partial charge in [0.25, 0.3) is 0 Å². The van der Waals surface area contributed by atoms with Gasteiger partial charge in [-0.15, -0.1) is 0 Å². The molecule has 1 aliphatic rings. The van der Waals surface area contributed by atoms with Gasteiger partial charge in [0.05, 0.1) is 5.60 Å². The molecule has 0 unspecified atom stereocenters. The van der Waals surface area contributed by atoms with Crippen LogP contribution in [0.3, 0.4) is 0 Å². The van der Waals surface area contributed by atoms with Gasteiger partial charge in [0.2, 0.25) is 0 Å². The molecular formula is C13H18O. The van der Waals surface area contributed by atoms with Gasteiger partial charge in [-0.2, -0.15) is 0 Å². The number of hydrogen-bond acceptors (Lipinski definition) is 1. The zero-order valence-electron chi connectivity index (χ0n) is 8.96. The maximum absolute atomic E-state index is 10.2. The molecule has 1 heteroatoms. The number of benzene rings is 1. The van der Waals surface area contributed by atoms with Crippen molar-refractivity contribution in [2.24, 2.45) is 5.92 Å². The topological polar surface area (TPSA) is 20.2 Å². The van der Waals surface area contributed by atoms with Crippen LogP contribution in [0.2, 0.25) is 0 Å². The van der Waals surface area contributed by atoms with Crippen LogP contribution in [0, 0.1) is 12.8 Å². The van der Waals surface area contributed by atoms with Crippen molar-refractivity contribution in [3.8, 4) is 0 Å². The highest BCUT2D eigenvalue weighted by Gasteiger charge is 2.39. The summed E-state index contributed by atoms with van der Waals surface area (Å²) in [5.41, 5.74) is 2.17. The highest BCUT2D eigenvalue weighted by Crippen LogP contribution is 2.40. The Morgan fingerprint density at radius 2 is 2.00 bits per heavy atom. The van der Waals surface area contributed by atoms with E-state index in [2.05, 4.69) is 26.0 Å². The van der Waals surface area contributed by atoms with Crippen LogP contribution in [0.1, 0.15) is 30.9 Å². The first kappa shape index (κ1) is 9.72. The summed E-state index contributed by atoms with van der Waals surface area (Å²) >= 11 is 0. The Bertz CT molecular complexity index is 324. The van der Waals surface area contributed by atoms with Crippen LogP contribution in [0.4, 0.5) is 0 Å². The van der Waals surface area contributed by atoms with Gasteiger partial charge in [0, 0.05) is 6.42 Å². The minimum absolute atomic E-state index is 0.411. The minimum atomic E-state index is -0.411. The summed E-state index contributed by atoms with van der Waals surface area (Å²) < 4.78 is 0. The molecule has 1 saturated carbocycles. The molecule has 14 heavy (non-hydrogen) atoms. The van der Waals surface area contributed by atoms with E-state index < -0.39 is 5.60 Å². The molecule has 1 aromatic rings. The molecule has 0 aromatic heterocycles. The third-order valence-electron chi connectivity index (χ3n) is 3.24. The average molecular weight is 190 g/mol. The van der Waals surface area contributed by atoms with Crippen LogP contribution >= 0.6 is 0 Å². The molecule has 1 N–H and O–H groups in total. The van der Waals surface area contributed by atoms with Crippen molar-refractivity contribution in [2.45, 2.75) is 38.7 Å². The lowest BCUT2D eigenvalue weighted by Gasteiger charge is -2.42. The highest BCUT2D eigenvalue weighted by molar-refractivity contribution is 5.27. The molecule has 0 aliphatic heterocycles. The van der Waals surface area contributed by atoms with Gasteiger partial charge < -0.3 is 5.11 Å². The van der Waals surface area contributed by atoms with Crippen molar-refractivity contribution in [2.75, 3.05) is 0 Å². The lowest BCUT2D eigenvalue weighted by molar-refractivity contribution is -0.0666. The average Bonchev–Trinajstić information content (AvgIpc) is 2.06. The first-order valence-electron chi connectivity index (χ1n) is 5.36. The Morgan fingerprint density at radius 1 is 1.36 bits per heavy atom. The fourth-order valence-corrected chi connectivity index (χ4v) is 2.54. The van der Waals surface area contributed by atoms with Crippen LogP contribution in [-0.4, -0.2) is 10.7 Å². The van der Waals surface area contributed by atoms with Crippen LogP contribution in [0.25, 0.3) is 0 Å². The summed E-state index contributed by atoms with van der Waals surface area (Å²) in [6, 6.07) is 8.33. The van der Waals surface area contributed by atoms with E-state index in [0.717, 1.165) is 19.3 Å². The van der Waals surface area contributed by atoms with Crippen LogP contribution < -0.4 is 0 Å². The Morgan fingerprint density at radius 3 is 2.57 bits per heavy atom. The Hall–Kier alpha value is -0.820. The normalized spacial score (nSPS) is 31.2. The van der Waals surface area contributed by atoms with E-state index in [1.807, 2.05) is 12.1 Å². The van der Waals surface area contributed by atoms with Crippen LogP contribution in [0.15, 0.2) is 24.3 Å². The number of aryl methyl sites for hydroxylation is 1. The van der Waals surface area contributed by atoms with E-state index in [9.17, 15) is 5.11 Å².